The minimum atomic E-state index is -0.626. The van der Waals surface area contributed by atoms with Crippen molar-refractivity contribution >= 4 is 46.5 Å². The molecule has 0 bridgehead atoms. The third-order valence-corrected chi connectivity index (χ3v) is 5.07. The number of hydrogen-bond acceptors (Lipinski definition) is 5. The van der Waals surface area contributed by atoms with Gasteiger partial charge in [0.05, 0.1) is 11.4 Å². The van der Waals surface area contributed by atoms with Crippen LogP contribution in [0.15, 0.2) is 47.4 Å². The number of hydrogen-bond donors (Lipinski definition) is 1. The summed E-state index contributed by atoms with van der Waals surface area (Å²) in [6.45, 7) is 1.84. The number of thioether (sulfide) groups is 1. The Hall–Kier alpha value is -2.77. The molecule has 0 unspecified atom stereocenters. The molecule has 1 saturated heterocycles. The molecular weight excluding hydrogens is 400 g/mol. The van der Waals surface area contributed by atoms with Crippen LogP contribution in [-0.4, -0.2) is 28.6 Å². The van der Waals surface area contributed by atoms with E-state index < -0.39 is 11.8 Å². The van der Waals surface area contributed by atoms with Gasteiger partial charge in [0.25, 0.3) is 17.1 Å². The molecule has 2 N–H and O–H groups in total. The van der Waals surface area contributed by atoms with Crippen LogP contribution in [0, 0.1) is 6.92 Å². The lowest BCUT2D eigenvalue weighted by Gasteiger charge is -2.13. The van der Waals surface area contributed by atoms with E-state index in [4.69, 9.17) is 22.1 Å². The van der Waals surface area contributed by atoms with Gasteiger partial charge in [-0.1, -0.05) is 41.4 Å². The Labute approximate surface area is 171 Å². The Morgan fingerprint density at radius 2 is 2.04 bits per heavy atom. The van der Waals surface area contributed by atoms with Gasteiger partial charge >= 0.3 is 0 Å². The van der Waals surface area contributed by atoms with Gasteiger partial charge in [0.15, 0.2) is 6.61 Å². The van der Waals surface area contributed by atoms with Gasteiger partial charge in [0.2, 0.25) is 0 Å². The normalized spacial score (nSPS) is 15.4. The number of carbonyl (C=O) groups excluding carboxylic acids is 3. The number of halogens is 1. The fourth-order valence-electron chi connectivity index (χ4n) is 2.68. The van der Waals surface area contributed by atoms with E-state index >= 15 is 0 Å². The zero-order chi connectivity index (χ0) is 20.3. The number of nitrogens with zero attached hydrogens (tertiary/aromatic N) is 1. The van der Waals surface area contributed by atoms with Crippen molar-refractivity contribution in [3.63, 3.8) is 0 Å². The van der Waals surface area contributed by atoms with Gasteiger partial charge in [-0.25, -0.2) is 0 Å². The van der Waals surface area contributed by atoms with E-state index in [1.54, 1.807) is 18.2 Å². The van der Waals surface area contributed by atoms with Crippen LogP contribution >= 0.6 is 23.4 Å². The van der Waals surface area contributed by atoms with Crippen LogP contribution in [0.25, 0.3) is 6.08 Å². The minimum absolute atomic E-state index is 0.199. The number of nitrogens with two attached hydrogens (primary N) is 1. The summed E-state index contributed by atoms with van der Waals surface area (Å²) in [5.41, 5.74) is 7.52. The number of amides is 3. The van der Waals surface area contributed by atoms with Crippen molar-refractivity contribution in [2.45, 2.75) is 13.5 Å². The summed E-state index contributed by atoms with van der Waals surface area (Å²) >= 11 is 6.88. The predicted octanol–water partition coefficient (Wildman–Crippen LogP) is 3.75. The van der Waals surface area contributed by atoms with Crippen LogP contribution in [0.2, 0.25) is 5.02 Å². The Balaban J connectivity index is 1.85. The molecular formula is C20H17ClN2O4S. The summed E-state index contributed by atoms with van der Waals surface area (Å²) in [6.07, 6.45) is 1.53. The van der Waals surface area contributed by atoms with Crippen molar-refractivity contribution < 1.29 is 19.1 Å². The number of carbonyl (C=O) groups is 3. The minimum Gasteiger partial charge on any atom is -0.483 e. The maximum absolute atomic E-state index is 12.7. The third kappa shape index (κ3) is 4.74. The average Bonchev–Trinajstić information content (AvgIpc) is 2.88. The first kappa shape index (κ1) is 20.0. The van der Waals surface area contributed by atoms with Crippen LogP contribution in [-0.2, 0) is 16.1 Å². The molecule has 28 heavy (non-hydrogen) atoms. The van der Waals surface area contributed by atoms with E-state index in [9.17, 15) is 14.4 Å². The number of imide groups is 1. The van der Waals surface area contributed by atoms with Gasteiger partial charge < -0.3 is 10.5 Å². The molecule has 1 aliphatic heterocycles. The number of rotatable bonds is 6. The van der Waals surface area contributed by atoms with Gasteiger partial charge in [-0.15, -0.1) is 0 Å². The topological polar surface area (TPSA) is 89.7 Å². The summed E-state index contributed by atoms with van der Waals surface area (Å²) in [4.78, 5) is 37.5. The highest BCUT2D eigenvalue weighted by Gasteiger charge is 2.35. The highest BCUT2D eigenvalue weighted by molar-refractivity contribution is 8.18. The summed E-state index contributed by atoms with van der Waals surface area (Å²) < 4.78 is 5.36. The molecule has 0 atom stereocenters. The molecule has 2 aromatic rings. The fraction of sp³-hybridized carbons (Fsp3) is 0.150. The molecule has 1 aliphatic rings. The van der Waals surface area contributed by atoms with Gasteiger partial charge in [-0.3, -0.25) is 19.3 Å². The SMILES string of the molecule is Cc1cccc(CN2C(=O)S/C(=C\c3cc(Cl)ccc3OCC(N)=O)C2=O)c1. The predicted molar refractivity (Wildman–Crippen MR) is 109 cm³/mol. The number of benzene rings is 2. The van der Waals surface area contributed by atoms with Crippen molar-refractivity contribution in [1.82, 2.24) is 4.90 Å². The fourth-order valence-corrected chi connectivity index (χ4v) is 3.69. The quantitative estimate of drug-likeness (QED) is 0.724. The summed E-state index contributed by atoms with van der Waals surface area (Å²) in [6, 6.07) is 12.4. The van der Waals surface area contributed by atoms with Crippen molar-refractivity contribution in [2.75, 3.05) is 6.61 Å². The first-order valence-corrected chi connectivity index (χ1v) is 9.54. The molecule has 144 valence electrons. The Morgan fingerprint density at radius 3 is 2.75 bits per heavy atom. The van der Waals surface area contributed by atoms with Crippen molar-refractivity contribution in [1.29, 1.82) is 0 Å². The van der Waals surface area contributed by atoms with E-state index in [-0.39, 0.29) is 23.3 Å². The molecule has 0 saturated carbocycles. The molecule has 3 amide bonds. The number of ether oxygens (including phenoxy) is 1. The van der Waals surface area contributed by atoms with Crippen molar-refractivity contribution in [3.8, 4) is 5.75 Å². The van der Waals surface area contributed by atoms with Crippen LogP contribution in [0.1, 0.15) is 16.7 Å². The van der Waals surface area contributed by atoms with Gasteiger partial charge in [0.1, 0.15) is 5.75 Å². The lowest BCUT2D eigenvalue weighted by atomic mass is 10.1. The molecule has 8 heteroatoms. The van der Waals surface area contributed by atoms with Crippen molar-refractivity contribution in [2.24, 2.45) is 5.73 Å². The number of primary amides is 1. The monoisotopic (exact) mass is 416 g/mol. The van der Waals surface area contributed by atoms with Crippen LogP contribution in [0.5, 0.6) is 5.75 Å². The van der Waals surface area contributed by atoms with E-state index in [2.05, 4.69) is 0 Å². The average molecular weight is 417 g/mol. The molecule has 0 spiro atoms. The third-order valence-electron chi connectivity index (χ3n) is 3.93. The Kier molecular flexibility index (Phi) is 6.06. The van der Waals surface area contributed by atoms with E-state index in [0.717, 1.165) is 22.9 Å². The smallest absolute Gasteiger partial charge is 0.293 e. The van der Waals surface area contributed by atoms with E-state index in [0.29, 0.717) is 16.3 Å². The number of aryl methyl sites for hydroxylation is 1. The molecule has 0 aliphatic carbocycles. The van der Waals surface area contributed by atoms with Gasteiger partial charge in [-0.05, 0) is 48.5 Å². The molecule has 0 radical (unpaired) electrons. The lowest BCUT2D eigenvalue weighted by molar-refractivity contribution is -0.123. The maximum atomic E-state index is 12.7. The van der Waals surface area contributed by atoms with Crippen LogP contribution in [0.4, 0.5) is 4.79 Å². The molecule has 6 nitrogen and oxygen atoms in total. The lowest BCUT2D eigenvalue weighted by Crippen LogP contribution is -2.27. The molecule has 1 fully saturated rings. The second kappa shape index (κ2) is 8.50. The largest absolute Gasteiger partial charge is 0.483 e. The second-order valence-electron chi connectivity index (χ2n) is 6.19. The maximum Gasteiger partial charge on any atom is 0.293 e. The summed E-state index contributed by atoms with van der Waals surface area (Å²) in [7, 11) is 0. The second-order valence-corrected chi connectivity index (χ2v) is 7.62. The van der Waals surface area contributed by atoms with Gasteiger partial charge in [0, 0.05) is 10.6 Å². The van der Waals surface area contributed by atoms with Crippen LogP contribution < -0.4 is 10.5 Å². The molecule has 1 heterocycles. The zero-order valence-electron chi connectivity index (χ0n) is 15.0. The summed E-state index contributed by atoms with van der Waals surface area (Å²) in [5.74, 6) is -0.676. The highest BCUT2D eigenvalue weighted by Crippen LogP contribution is 2.35. The van der Waals surface area contributed by atoms with Gasteiger partial charge in [-0.2, -0.15) is 0 Å². The first-order chi connectivity index (χ1) is 13.3. The zero-order valence-corrected chi connectivity index (χ0v) is 16.5. The molecule has 2 aromatic carbocycles. The molecule has 0 aromatic heterocycles. The summed E-state index contributed by atoms with van der Waals surface area (Å²) in [5, 5.41) is 0.0797. The highest BCUT2D eigenvalue weighted by atomic mass is 35.5. The van der Waals surface area contributed by atoms with E-state index in [1.807, 2.05) is 31.2 Å². The van der Waals surface area contributed by atoms with Crippen molar-refractivity contribution in [3.05, 3.63) is 69.1 Å². The first-order valence-electron chi connectivity index (χ1n) is 8.35. The van der Waals surface area contributed by atoms with E-state index in [1.165, 1.54) is 11.0 Å². The molecule has 3 rings (SSSR count). The Morgan fingerprint density at radius 1 is 1.25 bits per heavy atom. The standard InChI is InChI=1S/C20H17ClN2O4S/c1-12-3-2-4-13(7-12)10-23-19(25)17(28-20(23)26)9-14-8-15(21)5-6-16(14)27-11-18(22)24/h2-9H,10-11H2,1H3,(H2,22,24)/b17-9-. The Bertz CT molecular complexity index is 990. The van der Waals surface area contributed by atoms with Crippen LogP contribution in [0.3, 0.4) is 0 Å².